The quantitative estimate of drug-likeness (QED) is 0.671. The second kappa shape index (κ2) is 8.03. The van der Waals surface area contributed by atoms with Crippen molar-refractivity contribution in [2.45, 2.75) is 19.9 Å². The Balaban J connectivity index is 1.73. The maximum Gasteiger partial charge on any atom is 0.224 e. The molecule has 2 N–H and O–H groups in total. The van der Waals surface area contributed by atoms with E-state index in [1.54, 1.807) is 21.3 Å². The lowest BCUT2D eigenvalue weighted by molar-refractivity contribution is -0.120. The van der Waals surface area contributed by atoms with E-state index < -0.39 is 0 Å². The van der Waals surface area contributed by atoms with Crippen LogP contribution in [0.3, 0.4) is 0 Å². The van der Waals surface area contributed by atoms with E-state index >= 15 is 0 Å². The smallest absolute Gasteiger partial charge is 0.224 e. The Kier molecular flexibility index (Phi) is 5.54. The van der Waals surface area contributed by atoms with E-state index in [-0.39, 0.29) is 5.91 Å². The number of rotatable bonds is 7. The number of ether oxygens (including phenoxy) is 3. The lowest BCUT2D eigenvalue weighted by Gasteiger charge is -2.14. The SMILES string of the molecule is COc1cc(CNC(=O)Cc2c(C)[nH]c3ccccc23)cc(OC)c1OC. The average molecular weight is 368 g/mol. The predicted molar refractivity (Wildman–Crippen MR) is 105 cm³/mol. The summed E-state index contributed by atoms with van der Waals surface area (Å²) in [5.41, 5.74) is 3.95. The van der Waals surface area contributed by atoms with Crippen LogP contribution in [0.2, 0.25) is 0 Å². The summed E-state index contributed by atoms with van der Waals surface area (Å²) in [6.07, 6.45) is 0.320. The van der Waals surface area contributed by atoms with Crippen molar-refractivity contribution < 1.29 is 19.0 Å². The third kappa shape index (κ3) is 3.84. The number of fused-ring (bicyclic) bond motifs is 1. The van der Waals surface area contributed by atoms with E-state index in [9.17, 15) is 4.79 Å². The zero-order chi connectivity index (χ0) is 19.4. The number of H-pyrrole nitrogens is 1. The zero-order valence-electron chi connectivity index (χ0n) is 16.0. The van der Waals surface area contributed by atoms with Gasteiger partial charge in [-0.1, -0.05) is 18.2 Å². The number of carbonyl (C=O) groups excluding carboxylic acids is 1. The number of aryl methyl sites for hydroxylation is 1. The van der Waals surface area contributed by atoms with E-state index in [0.29, 0.717) is 30.2 Å². The highest BCUT2D eigenvalue weighted by molar-refractivity contribution is 5.90. The van der Waals surface area contributed by atoms with Gasteiger partial charge < -0.3 is 24.5 Å². The Labute approximate surface area is 158 Å². The van der Waals surface area contributed by atoms with E-state index in [2.05, 4.69) is 10.3 Å². The molecule has 0 atom stereocenters. The van der Waals surface area contributed by atoms with Crippen LogP contribution in [0, 0.1) is 6.92 Å². The molecule has 1 heterocycles. The third-order valence-corrected chi connectivity index (χ3v) is 4.58. The van der Waals surface area contributed by atoms with Gasteiger partial charge in [0.25, 0.3) is 0 Å². The second-order valence-corrected chi connectivity index (χ2v) is 6.26. The minimum Gasteiger partial charge on any atom is -0.493 e. The standard InChI is InChI=1S/C21H24N2O4/c1-13-16(15-7-5-6-8-17(15)23-13)11-20(24)22-12-14-9-18(25-2)21(27-4)19(10-14)26-3/h5-10,23H,11-12H2,1-4H3,(H,22,24). The van der Waals surface area contributed by atoms with Crippen molar-refractivity contribution in [3.05, 3.63) is 53.2 Å². The second-order valence-electron chi connectivity index (χ2n) is 6.26. The summed E-state index contributed by atoms with van der Waals surface area (Å²) in [7, 11) is 4.70. The maximum atomic E-state index is 12.5. The van der Waals surface area contributed by atoms with Gasteiger partial charge in [0, 0.05) is 23.1 Å². The molecule has 0 fully saturated rings. The first kappa shape index (κ1) is 18.6. The molecule has 3 rings (SSSR count). The summed E-state index contributed by atoms with van der Waals surface area (Å²) in [6.45, 7) is 2.36. The predicted octanol–water partition coefficient (Wildman–Crippen LogP) is 3.36. The van der Waals surface area contributed by atoms with Crippen LogP contribution < -0.4 is 19.5 Å². The van der Waals surface area contributed by atoms with E-state index in [0.717, 1.165) is 27.7 Å². The van der Waals surface area contributed by atoms with Crippen LogP contribution in [0.4, 0.5) is 0 Å². The first-order chi connectivity index (χ1) is 13.1. The number of para-hydroxylation sites is 1. The van der Waals surface area contributed by atoms with Crippen LogP contribution in [0.1, 0.15) is 16.8 Å². The molecule has 0 aliphatic rings. The Morgan fingerprint density at radius 3 is 2.33 bits per heavy atom. The summed E-state index contributed by atoms with van der Waals surface area (Å²) in [5.74, 6) is 1.61. The molecular weight excluding hydrogens is 344 g/mol. The third-order valence-electron chi connectivity index (χ3n) is 4.58. The first-order valence-electron chi connectivity index (χ1n) is 8.69. The largest absolute Gasteiger partial charge is 0.493 e. The molecule has 0 bridgehead atoms. The molecule has 0 spiro atoms. The summed E-state index contributed by atoms with van der Waals surface area (Å²) in [5, 5.41) is 4.05. The van der Waals surface area contributed by atoms with Crippen LogP contribution in [0.5, 0.6) is 17.2 Å². The van der Waals surface area contributed by atoms with E-state index in [4.69, 9.17) is 14.2 Å². The van der Waals surface area contributed by atoms with Crippen LogP contribution in [0.25, 0.3) is 10.9 Å². The van der Waals surface area contributed by atoms with Gasteiger partial charge in [0.15, 0.2) is 11.5 Å². The molecule has 0 saturated heterocycles. The van der Waals surface area contributed by atoms with Gasteiger partial charge in [-0.3, -0.25) is 4.79 Å². The van der Waals surface area contributed by atoms with E-state index in [1.807, 2.05) is 43.3 Å². The van der Waals surface area contributed by atoms with Crippen molar-refractivity contribution in [3.8, 4) is 17.2 Å². The molecule has 27 heavy (non-hydrogen) atoms. The van der Waals surface area contributed by atoms with Crippen LogP contribution in [-0.2, 0) is 17.8 Å². The van der Waals surface area contributed by atoms with Gasteiger partial charge in [-0.2, -0.15) is 0 Å². The fourth-order valence-corrected chi connectivity index (χ4v) is 3.22. The molecule has 3 aromatic rings. The number of aromatic nitrogens is 1. The van der Waals surface area contributed by atoms with Gasteiger partial charge in [-0.15, -0.1) is 0 Å². The highest BCUT2D eigenvalue weighted by Crippen LogP contribution is 2.38. The molecule has 0 radical (unpaired) electrons. The molecule has 6 nitrogen and oxygen atoms in total. The van der Waals surface area contributed by atoms with Crippen molar-refractivity contribution in [2.75, 3.05) is 21.3 Å². The fraction of sp³-hybridized carbons (Fsp3) is 0.286. The Bertz CT molecular complexity index is 937. The van der Waals surface area contributed by atoms with Gasteiger partial charge in [0.2, 0.25) is 11.7 Å². The van der Waals surface area contributed by atoms with Crippen molar-refractivity contribution in [3.63, 3.8) is 0 Å². The molecule has 0 aliphatic carbocycles. The number of carbonyl (C=O) groups is 1. The molecule has 6 heteroatoms. The number of aromatic amines is 1. The lowest BCUT2D eigenvalue weighted by Crippen LogP contribution is -2.24. The minimum atomic E-state index is -0.0448. The molecule has 0 saturated carbocycles. The molecular formula is C21H24N2O4. The summed E-state index contributed by atoms with van der Waals surface area (Å²) in [4.78, 5) is 15.8. The molecule has 1 aromatic heterocycles. The van der Waals surface area contributed by atoms with Gasteiger partial charge in [-0.05, 0) is 36.2 Å². The fourth-order valence-electron chi connectivity index (χ4n) is 3.22. The summed E-state index contributed by atoms with van der Waals surface area (Å²) in [6, 6.07) is 11.7. The van der Waals surface area contributed by atoms with Crippen LogP contribution in [0.15, 0.2) is 36.4 Å². The normalized spacial score (nSPS) is 10.7. The number of benzene rings is 2. The monoisotopic (exact) mass is 368 g/mol. The summed E-state index contributed by atoms with van der Waals surface area (Å²) >= 11 is 0. The van der Waals surface area contributed by atoms with Gasteiger partial charge >= 0.3 is 0 Å². The molecule has 2 aromatic carbocycles. The highest BCUT2D eigenvalue weighted by Gasteiger charge is 2.15. The minimum absolute atomic E-state index is 0.0448. The first-order valence-corrected chi connectivity index (χ1v) is 8.69. The molecule has 1 amide bonds. The molecule has 0 unspecified atom stereocenters. The lowest BCUT2D eigenvalue weighted by atomic mass is 10.1. The Hall–Kier alpha value is -3.15. The topological polar surface area (TPSA) is 72.6 Å². The van der Waals surface area contributed by atoms with Crippen molar-refractivity contribution in [1.82, 2.24) is 10.3 Å². The molecule has 142 valence electrons. The number of methoxy groups -OCH3 is 3. The summed E-state index contributed by atoms with van der Waals surface area (Å²) < 4.78 is 16.0. The zero-order valence-corrected chi connectivity index (χ0v) is 16.0. The Morgan fingerprint density at radius 2 is 1.70 bits per heavy atom. The number of hydrogen-bond acceptors (Lipinski definition) is 4. The number of hydrogen-bond donors (Lipinski definition) is 2. The van der Waals surface area contributed by atoms with Crippen molar-refractivity contribution in [1.29, 1.82) is 0 Å². The van der Waals surface area contributed by atoms with Gasteiger partial charge in [-0.25, -0.2) is 0 Å². The van der Waals surface area contributed by atoms with Gasteiger partial charge in [0.05, 0.1) is 27.8 Å². The van der Waals surface area contributed by atoms with Crippen molar-refractivity contribution >= 4 is 16.8 Å². The number of amides is 1. The highest BCUT2D eigenvalue weighted by atomic mass is 16.5. The maximum absolute atomic E-state index is 12.5. The van der Waals surface area contributed by atoms with E-state index in [1.165, 1.54) is 0 Å². The average Bonchev–Trinajstić information content (AvgIpc) is 3.00. The molecule has 0 aliphatic heterocycles. The van der Waals surface area contributed by atoms with Crippen LogP contribution in [-0.4, -0.2) is 32.2 Å². The van der Waals surface area contributed by atoms with Gasteiger partial charge in [0.1, 0.15) is 0 Å². The van der Waals surface area contributed by atoms with Crippen LogP contribution >= 0.6 is 0 Å². The van der Waals surface area contributed by atoms with Crippen molar-refractivity contribution in [2.24, 2.45) is 0 Å². The Morgan fingerprint density at radius 1 is 1.04 bits per heavy atom. The number of nitrogens with one attached hydrogen (secondary N) is 2.